The van der Waals surface area contributed by atoms with Crippen LogP contribution >= 0.6 is 0 Å². The highest BCUT2D eigenvalue weighted by atomic mass is 16.3. The Morgan fingerprint density at radius 1 is 0.750 bits per heavy atom. The average Bonchev–Trinajstić information content (AvgIpc) is 3.46. The first-order valence-electron chi connectivity index (χ1n) is 14.1. The molecule has 0 fully saturated rings. The summed E-state index contributed by atoms with van der Waals surface area (Å²) in [4.78, 5) is 3.88. The molecular weight excluding hydrogens is 550 g/mol. The minimum Gasteiger partial charge on any atom is -0.508 e. The van der Waals surface area contributed by atoms with Crippen molar-refractivity contribution in [3.63, 3.8) is 0 Å². The molecule has 1 unspecified atom stereocenters. The molecule has 216 valence electrons. The lowest BCUT2D eigenvalue weighted by molar-refractivity contribution is 0.469. The maximum absolute atomic E-state index is 10.9. The zero-order chi connectivity index (χ0) is 30.6. The lowest BCUT2D eigenvalue weighted by Crippen LogP contribution is -2.44. The number of hydrogen-bond acceptors (Lipinski definition) is 7. The summed E-state index contributed by atoms with van der Waals surface area (Å²) in [5.74, 6) is 0.223. The van der Waals surface area contributed by atoms with Crippen molar-refractivity contribution in [3.8, 4) is 17.2 Å². The summed E-state index contributed by atoms with van der Waals surface area (Å²) < 4.78 is 2.10. The van der Waals surface area contributed by atoms with Crippen molar-refractivity contribution in [2.24, 2.45) is 15.2 Å². The molecule has 3 N–H and O–H groups in total. The summed E-state index contributed by atoms with van der Waals surface area (Å²) in [5, 5.41) is 47.4. The highest BCUT2D eigenvalue weighted by molar-refractivity contribution is 5.92. The van der Waals surface area contributed by atoms with Crippen LogP contribution in [-0.4, -0.2) is 33.8 Å². The second kappa shape index (κ2) is 10.1. The third-order valence-corrected chi connectivity index (χ3v) is 8.47. The van der Waals surface area contributed by atoms with E-state index < -0.39 is 5.54 Å². The maximum atomic E-state index is 10.9. The van der Waals surface area contributed by atoms with Gasteiger partial charge < -0.3 is 20.3 Å². The minimum absolute atomic E-state index is 0.00285. The van der Waals surface area contributed by atoms with Gasteiger partial charge in [-0.2, -0.15) is 0 Å². The maximum Gasteiger partial charge on any atom is 0.143 e. The van der Waals surface area contributed by atoms with Crippen molar-refractivity contribution in [2.45, 2.75) is 12.5 Å². The van der Waals surface area contributed by atoms with E-state index in [-0.39, 0.29) is 17.2 Å². The molecule has 0 radical (unpaired) electrons. The molecule has 0 saturated heterocycles. The van der Waals surface area contributed by atoms with Gasteiger partial charge in [0.25, 0.3) is 0 Å². The van der Waals surface area contributed by atoms with E-state index in [1.165, 1.54) is 0 Å². The van der Waals surface area contributed by atoms with E-state index in [9.17, 15) is 15.3 Å². The summed E-state index contributed by atoms with van der Waals surface area (Å²) >= 11 is 0. The standard InChI is InChI=1S/C36H29N5O3/c1-36(24-12-15-30(37-2)35(44)19-24)21-33-27(28-20-25(42)13-16-32(28)41(33)40(36)3)17-22-11-14-31(34(43)18-22)39-38-29-10-6-8-23-7-4-5-9-26(23)29/h4-21,42-44H,2H2,1,3H3/b27-17-,39-38+. The van der Waals surface area contributed by atoms with Gasteiger partial charge in [-0.05, 0) is 90.8 Å². The molecule has 1 aliphatic rings. The molecule has 1 atom stereocenters. The van der Waals surface area contributed by atoms with Gasteiger partial charge in [-0.3, -0.25) is 9.67 Å². The molecule has 0 spiro atoms. The predicted molar refractivity (Wildman–Crippen MR) is 176 cm³/mol. The molecule has 1 aromatic heterocycles. The Bertz CT molecular complexity index is 2280. The van der Waals surface area contributed by atoms with Gasteiger partial charge in [0.15, 0.2) is 0 Å². The molecule has 0 aliphatic carbocycles. The molecule has 6 aromatic rings. The zero-order valence-electron chi connectivity index (χ0n) is 24.2. The topological polar surface area (TPSA) is 106 Å². The van der Waals surface area contributed by atoms with Crippen LogP contribution in [0.25, 0.3) is 33.8 Å². The van der Waals surface area contributed by atoms with Gasteiger partial charge in [0, 0.05) is 23.0 Å². The van der Waals surface area contributed by atoms with Gasteiger partial charge in [-0.25, -0.2) is 0 Å². The fraction of sp³-hybridized carbons (Fsp3) is 0.0833. The van der Waals surface area contributed by atoms with Crippen LogP contribution in [0.2, 0.25) is 0 Å². The van der Waals surface area contributed by atoms with Crippen LogP contribution < -0.4 is 15.6 Å². The second-order valence-corrected chi connectivity index (χ2v) is 11.1. The fourth-order valence-corrected chi connectivity index (χ4v) is 6.01. The van der Waals surface area contributed by atoms with Crippen LogP contribution in [0, 0.1) is 0 Å². The largest absolute Gasteiger partial charge is 0.508 e. The van der Waals surface area contributed by atoms with Crippen LogP contribution in [0.1, 0.15) is 18.1 Å². The van der Waals surface area contributed by atoms with Gasteiger partial charge in [0.1, 0.15) is 28.6 Å². The number of rotatable bonds is 5. The summed E-state index contributed by atoms with van der Waals surface area (Å²) in [6.07, 6.45) is 4.12. The number of aliphatic imine (C=N–C) groups is 1. The summed E-state index contributed by atoms with van der Waals surface area (Å²) in [7, 11) is 1.99. The summed E-state index contributed by atoms with van der Waals surface area (Å²) in [5.41, 5.74) is 3.45. The van der Waals surface area contributed by atoms with Gasteiger partial charge in [-0.1, -0.05) is 48.5 Å². The van der Waals surface area contributed by atoms with E-state index in [0.29, 0.717) is 11.4 Å². The summed E-state index contributed by atoms with van der Waals surface area (Å²) in [6.45, 7) is 5.61. The molecule has 1 aliphatic heterocycles. The molecule has 8 heteroatoms. The Morgan fingerprint density at radius 3 is 2.30 bits per heavy atom. The van der Waals surface area contributed by atoms with Crippen molar-refractivity contribution in [1.29, 1.82) is 0 Å². The fourth-order valence-electron chi connectivity index (χ4n) is 6.01. The van der Waals surface area contributed by atoms with Gasteiger partial charge in [0.05, 0.1) is 22.1 Å². The second-order valence-electron chi connectivity index (χ2n) is 11.1. The van der Waals surface area contributed by atoms with Crippen LogP contribution in [0.4, 0.5) is 17.1 Å². The third-order valence-electron chi connectivity index (χ3n) is 8.47. The molecule has 0 saturated carbocycles. The van der Waals surface area contributed by atoms with Gasteiger partial charge in [-0.15, -0.1) is 10.2 Å². The quantitative estimate of drug-likeness (QED) is 0.155. The van der Waals surface area contributed by atoms with Gasteiger partial charge in [0.2, 0.25) is 0 Å². The lowest BCUT2D eigenvalue weighted by Gasteiger charge is -2.35. The van der Waals surface area contributed by atoms with Crippen molar-refractivity contribution in [1.82, 2.24) is 4.68 Å². The Morgan fingerprint density at radius 2 is 1.50 bits per heavy atom. The van der Waals surface area contributed by atoms with Crippen molar-refractivity contribution < 1.29 is 15.3 Å². The molecule has 44 heavy (non-hydrogen) atoms. The predicted octanol–water partition coefficient (Wildman–Crippen LogP) is 6.76. The van der Waals surface area contributed by atoms with Crippen LogP contribution in [0.5, 0.6) is 17.2 Å². The number of hydrogen-bond donors (Lipinski definition) is 3. The Labute approximate surface area is 253 Å². The van der Waals surface area contributed by atoms with Gasteiger partial charge >= 0.3 is 0 Å². The first kappa shape index (κ1) is 27.0. The number of nitrogens with zero attached hydrogens (tertiary/aromatic N) is 5. The van der Waals surface area contributed by atoms with Crippen LogP contribution in [0.3, 0.4) is 0 Å². The Kier molecular flexibility index (Phi) is 6.21. The van der Waals surface area contributed by atoms with E-state index in [0.717, 1.165) is 49.1 Å². The Hall–Kier alpha value is -5.89. The molecule has 5 aromatic carbocycles. The monoisotopic (exact) mass is 579 g/mol. The van der Waals surface area contributed by atoms with E-state index in [4.69, 9.17) is 0 Å². The van der Waals surface area contributed by atoms with Crippen LogP contribution in [0.15, 0.2) is 112 Å². The molecule has 0 amide bonds. The molecule has 7 rings (SSSR count). The molecular formula is C36H29N5O3. The van der Waals surface area contributed by atoms with E-state index >= 15 is 0 Å². The third kappa shape index (κ3) is 4.27. The van der Waals surface area contributed by atoms with E-state index in [1.54, 1.807) is 36.4 Å². The average molecular weight is 580 g/mol. The molecule has 2 heterocycles. The molecule has 8 nitrogen and oxygen atoms in total. The highest BCUT2D eigenvalue weighted by Crippen LogP contribution is 2.37. The number of phenolic OH excluding ortho intramolecular Hbond substituents is 3. The van der Waals surface area contributed by atoms with Crippen molar-refractivity contribution in [3.05, 3.63) is 119 Å². The number of benzene rings is 5. The number of aromatic nitrogens is 1. The summed E-state index contributed by atoms with van der Waals surface area (Å²) in [6, 6.07) is 29.8. The SMILES string of the molecule is C=Nc1ccc(C2(C)C=c3/c(=C\c4ccc(/N=N/c5cccc6ccccc56)c(O)c4)c4cc(O)ccc4n3N2C)cc1O. The highest BCUT2D eigenvalue weighted by Gasteiger charge is 2.36. The van der Waals surface area contributed by atoms with E-state index in [2.05, 4.69) is 44.6 Å². The molecule has 0 bridgehead atoms. The smallest absolute Gasteiger partial charge is 0.143 e. The first-order valence-corrected chi connectivity index (χ1v) is 14.1. The van der Waals surface area contributed by atoms with E-state index in [1.807, 2.05) is 73.8 Å². The number of phenols is 3. The van der Waals surface area contributed by atoms with Crippen molar-refractivity contribution in [2.75, 3.05) is 12.1 Å². The zero-order valence-corrected chi connectivity index (χ0v) is 24.2. The number of fused-ring (bicyclic) bond motifs is 4. The lowest BCUT2D eigenvalue weighted by atomic mass is 9.91. The van der Waals surface area contributed by atoms with Crippen molar-refractivity contribution >= 4 is 57.6 Å². The van der Waals surface area contributed by atoms with Crippen LogP contribution in [-0.2, 0) is 5.54 Å². The number of aromatic hydroxyl groups is 3. The Balaban J connectivity index is 1.34. The number of azo groups is 1. The minimum atomic E-state index is -0.602. The first-order chi connectivity index (χ1) is 21.3. The normalized spacial score (nSPS) is 16.6.